The Bertz CT molecular complexity index is 829. The monoisotopic (exact) mass is 339 g/mol. The highest BCUT2D eigenvalue weighted by Crippen LogP contribution is 2.34. The summed E-state index contributed by atoms with van der Waals surface area (Å²) in [5, 5.41) is 4.07. The maximum absolute atomic E-state index is 12.8. The Hall–Kier alpha value is -2.43. The van der Waals surface area contributed by atoms with Crippen LogP contribution in [-0.2, 0) is 9.59 Å². The van der Waals surface area contributed by atoms with Crippen molar-refractivity contribution in [2.45, 2.75) is 40.0 Å². The predicted molar refractivity (Wildman–Crippen MR) is 99.6 cm³/mol. The summed E-state index contributed by atoms with van der Waals surface area (Å²) in [7, 11) is 0. The van der Waals surface area contributed by atoms with Crippen molar-refractivity contribution in [2.75, 3.05) is 18.4 Å². The van der Waals surface area contributed by atoms with Crippen molar-refractivity contribution < 1.29 is 9.59 Å². The number of hydrogen-bond donors (Lipinski definition) is 1. The lowest BCUT2D eigenvalue weighted by atomic mass is 9.96. The molecular formula is C20H25N3O2. The first-order valence-corrected chi connectivity index (χ1v) is 8.90. The molecule has 132 valence electrons. The summed E-state index contributed by atoms with van der Waals surface area (Å²) in [5.74, 6) is -0.0751. The molecule has 1 fully saturated rings. The molecule has 2 amide bonds. The largest absolute Gasteiger partial charge is 0.342 e. The maximum atomic E-state index is 12.8. The van der Waals surface area contributed by atoms with Gasteiger partial charge in [-0.05, 0) is 25.8 Å². The fourth-order valence-corrected chi connectivity index (χ4v) is 3.67. The number of nitrogens with one attached hydrogen (secondary N) is 1. The number of aromatic nitrogens is 1. The van der Waals surface area contributed by atoms with Crippen LogP contribution in [0.4, 0.5) is 5.69 Å². The van der Waals surface area contributed by atoms with Crippen LogP contribution < -0.4 is 5.32 Å². The Morgan fingerprint density at radius 1 is 1.36 bits per heavy atom. The highest BCUT2D eigenvalue weighted by atomic mass is 16.2. The molecule has 1 aromatic heterocycles. The molecule has 2 heterocycles. The first-order valence-electron chi connectivity index (χ1n) is 8.90. The number of rotatable bonds is 4. The Morgan fingerprint density at radius 3 is 2.72 bits per heavy atom. The van der Waals surface area contributed by atoms with Crippen LogP contribution in [0.5, 0.6) is 0 Å². The average Bonchev–Trinajstić information content (AvgIpc) is 2.95. The molecule has 1 saturated heterocycles. The van der Waals surface area contributed by atoms with Gasteiger partial charge in [0.25, 0.3) is 0 Å². The van der Waals surface area contributed by atoms with E-state index in [0.29, 0.717) is 19.5 Å². The van der Waals surface area contributed by atoms with Gasteiger partial charge in [-0.15, -0.1) is 0 Å². The molecule has 1 unspecified atom stereocenters. The molecule has 2 aromatic rings. The molecule has 0 bridgehead atoms. The zero-order chi connectivity index (χ0) is 18.1. The van der Waals surface area contributed by atoms with Crippen LogP contribution in [0.3, 0.4) is 0 Å². The van der Waals surface area contributed by atoms with E-state index in [1.165, 1.54) is 0 Å². The standard InChI is InChI=1S/C20H25N3O2/c1-5-23-11-14(10-17(23)24)20(25)22-19-15-8-6-7-9-16(15)21-13(4)18(19)12(2)3/h6-9,12,14H,5,10-11H2,1-4H3,(H,21,22,25). The number of pyridine rings is 1. The van der Waals surface area contributed by atoms with Gasteiger partial charge >= 0.3 is 0 Å². The summed E-state index contributed by atoms with van der Waals surface area (Å²) in [6.45, 7) is 9.28. The lowest BCUT2D eigenvalue weighted by Crippen LogP contribution is -2.28. The molecule has 0 saturated carbocycles. The van der Waals surface area contributed by atoms with Gasteiger partial charge in [-0.25, -0.2) is 0 Å². The molecular weight excluding hydrogens is 314 g/mol. The Morgan fingerprint density at radius 2 is 2.08 bits per heavy atom. The van der Waals surface area contributed by atoms with E-state index in [2.05, 4.69) is 24.1 Å². The number of carbonyl (C=O) groups excluding carboxylic acids is 2. The van der Waals surface area contributed by atoms with E-state index in [9.17, 15) is 9.59 Å². The van der Waals surface area contributed by atoms with E-state index >= 15 is 0 Å². The van der Waals surface area contributed by atoms with Gasteiger partial charge < -0.3 is 10.2 Å². The second-order valence-electron chi connectivity index (χ2n) is 6.98. The molecule has 1 N–H and O–H groups in total. The van der Waals surface area contributed by atoms with Crippen molar-refractivity contribution in [1.82, 2.24) is 9.88 Å². The van der Waals surface area contributed by atoms with Gasteiger partial charge in [0, 0.05) is 36.2 Å². The van der Waals surface area contributed by atoms with Crippen LogP contribution in [0.2, 0.25) is 0 Å². The first-order chi connectivity index (χ1) is 11.9. The molecule has 1 atom stereocenters. The number of carbonyl (C=O) groups is 2. The van der Waals surface area contributed by atoms with Crippen molar-refractivity contribution in [2.24, 2.45) is 5.92 Å². The van der Waals surface area contributed by atoms with E-state index in [1.807, 2.05) is 38.1 Å². The van der Waals surface area contributed by atoms with Crippen LogP contribution in [-0.4, -0.2) is 34.8 Å². The fraction of sp³-hybridized carbons (Fsp3) is 0.450. The third-order valence-corrected chi connectivity index (χ3v) is 4.91. The van der Waals surface area contributed by atoms with Gasteiger partial charge in [-0.2, -0.15) is 0 Å². The number of fused-ring (bicyclic) bond motifs is 1. The lowest BCUT2D eigenvalue weighted by molar-refractivity contribution is -0.128. The predicted octanol–water partition coefficient (Wildman–Crippen LogP) is 3.47. The number of benzene rings is 1. The number of para-hydroxylation sites is 1. The topological polar surface area (TPSA) is 62.3 Å². The van der Waals surface area contributed by atoms with Gasteiger partial charge in [0.2, 0.25) is 11.8 Å². The van der Waals surface area contributed by atoms with Crippen LogP contribution in [0, 0.1) is 12.8 Å². The van der Waals surface area contributed by atoms with E-state index in [-0.39, 0.29) is 23.7 Å². The van der Waals surface area contributed by atoms with Gasteiger partial charge in [-0.1, -0.05) is 32.0 Å². The lowest BCUT2D eigenvalue weighted by Gasteiger charge is -2.20. The van der Waals surface area contributed by atoms with E-state index in [1.54, 1.807) is 4.90 Å². The molecule has 5 nitrogen and oxygen atoms in total. The number of amides is 2. The van der Waals surface area contributed by atoms with E-state index in [0.717, 1.165) is 27.8 Å². The van der Waals surface area contributed by atoms with Gasteiger partial charge in [0.1, 0.15) is 0 Å². The summed E-state index contributed by atoms with van der Waals surface area (Å²) in [4.78, 5) is 31.2. The summed E-state index contributed by atoms with van der Waals surface area (Å²) < 4.78 is 0. The van der Waals surface area contributed by atoms with Crippen molar-refractivity contribution in [3.63, 3.8) is 0 Å². The Labute approximate surface area is 148 Å². The molecule has 5 heteroatoms. The Balaban J connectivity index is 1.99. The van der Waals surface area contributed by atoms with Gasteiger partial charge in [0.05, 0.1) is 17.1 Å². The molecule has 3 rings (SSSR count). The summed E-state index contributed by atoms with van der Waals surface area (Å²) in [6, 6.07) is 7.85. The third-order valence-electron chi connectivity index (χ3n) is 4.91. The minimum atomic E-state index is -0.292. The molecule has 1 aromatic carbocycles. The summed E-state index contributed by atoms with van der Waals surface area (Å²) in [6.07, 6.45) is 0.290. The van der Waals surface area contributed by atoms with Crippen molar-refractivity contribution in [3.05, 3.63) is 35.5 Å². The van der Waals surface area contributed by atoms with Crippen LogP contribution >= 0.6 is 0 Å². The third kappa shape index (κ3) is 3.23. The van der Waals surface area contributed by atoms with Crippen LogP contribution in [0.15, 0.2) is 24.3 Å². The number of aryl methyl sites for hydroxylation is 1. The van der Waals surface area contributed by atoms with Gasteiger partial charge in [0.15, 0.2) is 0 Å². The Kier molecular flexibility index (Phi) is 4.75. The average molecular weight is 339 g/mol. The number of hydrogen-bond acceptors (Lipinski definition) is 3. The van der Waals surface area contributed by atoms with Crippen molar-refractivity contribution in [1.29, 1.82) is 0 Å². The zero-order valence-corrected chi connectivity index (χ0v) is 15.3. The zero-order valence-electron chi connectivity index (χ0n) is 15.3. The summed E-state index contributed by atoms with van der Waals surface area (Å²) in [5.41, 5.74) is 3.70. The highest BCUT2D eigenvalue weighted by molar-refractivity contribution is 6.05. The molecule has 1 aliphatic rings. The molecule has 0 radical (unpaired) electrons. The van der Waals surface area contributed by atoms with Gasteiger partial charge in [-0.3, -0.25) is 14.6 Å². The smallest absolute Gasteiger partial charge is 0.229 e. The summed E-state index contributed by atoms with van der Waals surface area (Å²) >= 11 is 0. The second kappa shape index (κ2) is 6.82. The van der Waals surface area contributed by atoms with Crippen LogP contribution in [0.25, 0.3) is 10.9 Å². The van der Waals surface area contributed by atoms with E-state index in [4.69, 9.17) is 0 Å². The normalized spacial score (nSPS) is 17.6. The maximum Gasteiger partial charge on any atom is 0.229 e. The van der Waals surface area contributed by atoms with Crippen molar-refractivity contribution in [3.8, 4) is 0 Å². The SMILES string of the molecule is CCN1CC(C(=O)Nc2c(C(C)C)c(C)nc3ccccc23)CC1=O. The number of nitrogens with zero attached hydrogens (tertiary/aromatic N) is 2. The molecule has 25 heavy (non-hydrogen) atoms. The fourth-order valence-electron chi connectivity index (χ4n) is 3.67. The number of likely N-dealkylation sites (tertiary alicyclic amines) is 1. The quantitative estimate of drug-likeness (QED) is 0.928. The molecule has 0 aliphatic carbocycles. The van der Waals surface area contributed by atoms with Crippen molar-refractivity contribution >= 4 is 28.4 Å². The van der Waals surface area contributed by atoms with Crippen LogP contribution in [0.1, 0.15) is 44.4 Å². The minimum absolute atomic E-state index is 0.0579. The highest BCUT2D eigenvalue weighted by Gasteiger charge is 2.34. The molecule has 1 aliphatic heterocycles. The molecule has 0 spiro atoms. The minimum Gasteiger partial charge on any atom is -0.342 e. The first kappa shape index (κ1) is 17.4. The number of anilines is 1. The van der Waals surface area contributed by atoms with E-state index < -0.39 is 0 Å². The second-order valence-corrected chi connectivity index (χ2v) is 6.98.